The molecule has 2 aromatic carbocycles. The molecule has 2 aromatic rings. The zero-order valence-corrected chi connectivity index (χ0v) is 11.0. The normalized spacial score (nSPS) is 20.6. The summed E-state index contributed by atoms with van der Waals surface area (Å²) in [7, 11) is 0. The van der Waals surface area contributed by atoms with E-state index in [1.165, 1.54) is 36.1 Å². The van der Waals surface area contributed by atoms with E-state index in [1.807, 2.05) is 0 Å². The van der Waals surface area contributed by atoms with Gasteiger partial charge in [0.1, 0.15) is 0 Å². The van der Waals surface area contributed by atoms with Gasteiger partial charge in [-0.2, -0.15) is 0 Å². The van der Waals surface area contributed by atoms with Crippen LogP contribution < -0.4 is 0 Å². The molecular weight excluding hydrogens is 230 g/mol. The Balaban J connectivity index is 1.90. The highest BCUT2D eigenvalue weighted by molar-refractivity contribution is 6.14. The fourth-order valence-electron chi connectivity index (χ4n) is 3.51. The van der Waals surface area contributed by atoms with E-state index >= 15 is 0 Å². The maximum atomic E-state index is 4.88. The van der Waals surface area contributed by atoms with Crippen LogP contribution >= 0.6 is 0 Å². The molecule has 0 saturated carbocycles. The van der Waals surface area contributed by atoms with Gasteiger partial charge in [0.2, 0.25) is 0 Å². The Morgan fingerprint density at radius 3 is 2.74 bits per heavy atom. The van der Waals surface area contributed by atoms with Gasteiger partial charge in [0.15, 0.2) is 0 Å². The second-order valence-corrected chi connectivity index (χ2v) is 5.52. The second kappa shape index (κ2) is 4.34. The van der Waals surface area contributed by atoms with Crippen LogP contribution in [0, 0.1) is 0 Å². The highest BCUT2D eigenvalue weighted by Gasteiger charge is 2.28. The molecular formula is C18H17N. The van der Waals surface area contributed by atoms with Gasteiger partial charge in [-0.15, -0.1) is 0 Å². The molecule has 0 spiro atoms. The van der Waals surface area contributed by atoms with E-state index in [-0.39, 0.29) is 0 Å². The topological polar surface area (TPSA) is 12.4 Å². The van der Waals surface area contributed by atoms with E-state index in [0.717, 1.165) is 6.54 Å². The first-order valence-electron chi connectivity index (χ1n) is 7.15. The fraction of sp³-hybridized carbons (Fsp3) is 0.278. The van der Waals surface area contributed by atoms with Crippen LogP contribution in [-0.2, 0) is 6.42 Å². The Morgan fingerprint density at radius 2 is 1.84 bits per heavy atom. The zero-order chi connectivity index (χ0) is 12.7. The van der Waals surface area contributed by atoms with Crippen LogP contribution in [0.25, 0.3) is 0 Å². The largest absolute Gasteiger partial charge is 0.283 e. The van der Waals surface area contributed by atoms with Crippen LogP contribution in [0.1, 0.15) is 41.0 Å². The molecule has 1 aliphatic carbocycles. The minimum Gasteiger partial charge on any atom is -0.283 e. The summed E-state index contributed by atoms with van der Waals surface area (Å²) in [5.74, 6) is 0.660. The molecule has 1 unspecified atom stereocenters. The predicted molar refractivity (Wildman–Crippen MR) is 79.1 cm³/mol. The fourth-order valence-corrected chi connectivity index (χ4v) is 3.51. The summed E-state index contributed by atoms with van der Waals surface area (Å²) >= 11 is 0. The van der Waals surface area contributed by atoms with Crippen molar-refractivity contribution in [3.8, 4) is 0 Å². The van der Waals surface area contributed by atoms with Crippen molar-refractivity contribution in [2.75, 3.05) is 6.54 Å². The number of nitrogens with zero attached hydrogens (tertiary/aromatic N) is 1. The van der Waals surface area contributed by atoms with E-state index in [1.54, 1.807) is 11.1 Å². The van der Waals surface area contributed by atoms with Gasteiger partial charge in [0, 0.05) is 23.6 Å². The van der Waals surface area contributed by atoms with Crippen molar-refractivity contribution in [3.05, 3.63) is 70.8 Å². The molecule has 1 aliphatic heterocycles. The first kappa shape index (κ1) is 11.0. The molecule has 1 atom stereocenters. The summed E-state index contributed by atoms with van der Waals surface area (Å²) < 4.78 is 0. The SMILES string of the molecule is c1ccc(C2=NCC3CCCc4cccc2c43)cc1. The summed E-state index contributed by atoms with van der Waals surface area (Å²) in [6.07, 6.45) is 3.86. The van der Waals surface area contributed by atoms with E-state index < -0.39 is 0 Å². The van der Waals surface area contributed by atoms with Crippen LogP contribution in [0.2, 0.25) is 0 Å². The van der Waals surface area contributed by atoms with Gasteiger partial charge >= 0.3 is 0 Å². The van der Waals surface area contributed by atoms with Crippen molar-refractivity contribution < 1.29 is 0 Å². The van der Waals surface area contributed by atoms with Crippen molar-refractivity contribution >= 4 is 5.71 Å². The molecule has 94 valence electrons. The quantitative estimate of drug-likeness (QED) is 0.723. The summed E-state index contributed by atoms with van der Waals surface area (Å²) in [4.78, 5) is 4.88. The van der Waals surface area contributed by atoms with Crippen molar-refractivity contribution in [2.45, 2.75) is 25.2 Å². The van der Waals surface area contributed by atoms with Gasteiger partial charge in [-0.25, -0.2) is 0 Å². The number of hydrogen-bond acceptors (Lipinski definition) is 1. The molecule has 0 fully saturated rings. The molecule has 0 N–H and O–H groups in total. The first-order chi connectivity index (χ1) is 9.43. The van der Waals surface area contributed by atoms with E-state index in [0.29, 0.717) is 5.92 Å². The Labute approximate surface area is 114 Å². The van der Waals surface area contributed by atoms with Crippen molar-refractivity contribution in [1.29, 1.82) is 0 Å². The third-order valence-corrected chi connectivity index (χ3v) is 4.38. The molecule has 2 aliphatic rings. The van der Waals surface area contributed by atoms with Gasteiger partial charge in [0.25, 0.3) is 0 Å². The third kappa shape index (κ3) is 1.73. The first-order valence-corrected chi connectivity index (χ1v) is 7.15. The smallest absolute Gasteiger partial charge is 0.0722 e. The van der Waals surface area contributed by atoms with Gasteiger partial charge in [-0.1, -0.05) is 48.5 Å². The summed E-state index contributed by atoms with van der Waals surface area (Å²) in [6.45, 7) is 0.967. The monoisotopic (exact) mass is 247 g/mol. The molecule has 1 heteroatoms. The minimum atomic E-state index is 0.660. The molecule has 4 rings (SSSR count). The molecule has 0 aromatic heterocycles. The molecule has 1 heterocycles. The second-order valence-electron chi connectivity index (χ2n) is 5.52. The molecule has 0 saturated heterocycles. The lowest BCUT2D eigenvalue weighted by molar-refractivity contribution is 0.555. The maximum absolute atomic E-state index is 4.88. The summed E-state index contributed by atoms with van der Waals surface area (Å²) in [5.41, 5.74) is 6.95. The van der Waals surface area contributed by atoms with Crippen LogP contribution in [0.4, 0.5) is 0 Å². The van der Waals surface area contributed by atoms with Gasteiger partial charge in [-0.3, -0.25) is 4.99 Å². The van der Waals surface area contributed by atoms with Crippen molar-refractivity contribution in [1.82, 2.24) is 0 Å². The lowest BCUT2D eigenvalue weighted by Gasteiger charge is -2.31. The van der Waals surface area contributed by atoms with E-state index in [2.05, 4.69) is 48.5 Å². The van der Waals surface area contributed by atoms with Crippen LogP contribution in [-0.4, -0.2) is 12.3 Å². The molecule has 1 nitrogen and oxygen atoms in total. The van der Waals surface area contributed by atoms with Crippen LogP contribution in [0.5, 0.6) is 0 Å². The van der Waals surface area contributed by atoms with Gasteiger partial charge < -0.3 is 0 Å². The average Bonchev–Trinajstić information content (AvgIpc) is 2.49. The van der Waals surface area contributed by atoms with E-state index in [9.17, 15) is 0 Å². The summed E-state index contributed by atoms with van der Waals surface area (Å²) in [5, 5.41) is 0. The minimum absolute atomic E-state index is 0.660. The lowest BCUT2D eigenvalue weighted by atomic mass is 9.77. The number of benzene rings is 2. The highest BCUT2D eigenvalue weighted by Crippen LogP contribution is 2.38. The Hall–Kier alpha value is -1.89. The number of aliphatic imine (C=N–C) groups is 1. The zero-order valence-electron chi connectivity index (χ0n) is 11.0. The van der Waals surface area contributed by atoms with Crippen molar-refractivity contribution in [2.24, 2.45) is 4.99 Å². The van der Waals surface area contributed by atoms with Crippen LogP contribution in [0.3, 0.4) is 0 Å². The standard InChI is InChI=1S/C18H17N/c1-2-6-14(7-3-1)18-16-11-5-9-13-8-4-10-15(12-19-18)17(13)16/h1-3,5-7,9,11,15H,4,8,10,12H2. The molecule has 0 amide bonds. The number of rotatable bonds is 1. The highest BCUT2D eigenvalue weighted by atomic mass is 14.8. The maximum Gasteiger partial charge on any atom is 0.0722 e. The number of hydrogen-bond donors (Lipinski definition) is 0. The number of aryl methyl sites for hydroxylation is 1. The van der Waals surface area contributed by atoms with Gasteiger partial charge in [-0.05, 0) is 30.4 Å². The van der Waals surface area contributed by atoms with Gasteiger partial charge in [0.05, 0.1) is 5.71 Å². The Morgan fingerprint density at radius 1 is 0.947 bits per heavy atom. The third-order valence-electron chi connectivity index (χ3n) is 4.38. The predicted octanol–water partition coefficient (Wildman–Crippen LogP) is 3.96. The van der Waals surface area contributed by atoms with E-state index in [4.69, 9.17) is 4.99 Å². The Kier molecular flexibility index (Phi) is 2.51. The van der Waals surface area contributed by atoms with Crippen molar-refractivity contribution in [3.63, 3.8) is 0 Å². The molecule has 0 bridgehead atoms. The summed E-state index contributed by atoms with van der Waals surface area (Å²) in [6, 6.07) is 17.3. The average molecular weight is 247 g/mol. The van der Waals surface area contributed by atoms with Crippen LogP contribution in [0.15, 0.2) is 53.5 Å². The lowest BCUT2D eigenvalue weighted by Crippen LogP contribution is -2.23. The molecule has 19 heavy (non-hydrogen) atoms. The molecule has 0 radical (unpaired) electrons. The Bertz CT molecular complexity index is 640.